The number of hydrogen-bond acceptors (Lipinski definition) is 5. The summed E-state index contributed by atoms with van der Waals surface area (Å²) in [4.78, 5) is 33.6. The Hall–Kier alpha value is -4.46. The van der Waals surface area contributed by atoms with Gasteiger partial charge < -0.3 is 15.8 Å². The van der Waals surface area contributed by atoms with Crippen molar-refractivity contribution in [3.63, 3.8) is 0 Å². The molecule has 8 heteroatoms. The van der Waals surface area contributed by atoms with Gasteiger partial charge in [0.2, 0.25) is 0 Å². The van der Waals surface area contributed by atoms with Gasteiger partial charge in [0.05, 0.1) is 5.69 Å². The fourth-order valence-electron chi connectivity index (χ4n) is 3.09. The predicted molar refractivity (Wildman–Crippen MR) is 118 cm³/mol. The third-order valence-electron chi connectivity index (χ3n) is 4.59. The maximum absolute atomic E-state index is 12.2. The van der Waals surface area contributed by atoms with Gasteiger partial charge in [-0.15, -0.1) is 0 Å². The Morgan fingerprint density at radius 2 is 1.68 bits per heavy atom. The number of aromatic nitrogens is 2. The molecule has 0 atom stereocenters. The molecule has 0 radical (unpaired) electrons. The number of pyridine rings is 2. The maximum Gasteiger partial charge on any atom is 0.325 e. The summed E-state index contributed by atoms with van der Waals surface area (Å²) in [5, 5.41) is 4.43. The number of anilines is 2. The van der Waals surface area contributed by atoms with Crippen molar-refractivity contribution in [2.45, 2.75) is 0 Å². The Morgan fingerprint density at radius 1 is 0.935 bits per heavy atom. The van der Waals surface area contributed by atoms with Gasteiger partial charge in [0.25, 0.3) is 5.91 Å². The number of benzene rings is 2. The Bertz CT molecular complexity index is 1260. The average Bonchev–Trinajstić information content (AvgIpc) is 2.79. The first kappa shape index (κ1) is 19.8. The SMILES string of the molecule is CNC(=O)c1cc(Oc2ccc(N(C(N)=O)c3cc4ccccc4cn3)cc2)ccn1. The van der Waals surface area contributed by atoms with Crippen LogP contribution < -0.4 is 20.7 Å². The van der Waals surface area contributed by atoms with Crippen LogP contribution in [0.25, 0.3) is 10.8 Å². The zero-order chi connectivity index (χ0) is 21.8. The zero-order valence-corrected chi connectivity index (χ0v) is 16.6. The predicted octanol–water partition coefficient (Wildman–Crippen LogP) is 4.00. The highest BCUT2D eigenvalue weighted by molar-refractivity contribution is 5.99. The molecule has 2 aromatic carbocycles. The highest BCUT2D eigenvalue weighted by Crippen LogP contribution is 2.29. The van der Waals surface area contributed by atoms with E-state index in [0.717, 1.165) is 10.8 Å². The summed E-state index contributed by atoms with van der Waals surface area (Å²) < 4.78 is 5.80. The van der Waals surface area contributed by atoms with Crippen LogP contribution in [0.2, 0.25) is 0 Å². The zero-order valence-electron chi connectivity index (χ0n) is 16.6. The van der Waals surface area contributed by atoms with Gasteiger partial charge in [-0.05, 0) is 41.8 Å². The number of primary amides is 1. The molecular weight excluding hydrogens is 394 g/mol. The normalized spacial score (nSPS) is 10.5. The lowest BCUT2D eigenvalue weighted by Gasteiger charge is -2.20. The lowest BCUT2D eigenvalue weighted by atomic mass is 10.2. The monoisotopic (exact) mass is 413 g/mol. The second kappa shape index (κ2) is 8.50. The van der Waals surface area contributed by atoms with Gasteiger partial charge in [-0.1, -0.05) is 24.3 Å². The highest BCUT2D eigenvalue weighted by atomic mass is 16.5. The first-order valence-electron chi connectivity index (χ1n) is 9.45. The number of amides is 3. The number of nitrogens with one attached hydrogen (secondary N) is 1. The summed E-state index contributed by atoms with van der Waals surface area (Å²) in [6.07, 6.45) is 3.19. The van der Waals surface area contributed by atoms with Gasteiger partial charge in [0, 0.05) is 30.9 Å². The molecule has 0 bridgehead atoms. The molecular formula is C23H19N5O3. The second-order valence-corrected chi connectivity index (χ2v) is 6.62. The van der Waals surface area contributed by atoms with E-state index in [9.17, 15) is 9.59 Å². The molecule has 3 N–H and O–H groups in total. The topological polar surface area (TPSA) is 110 Å². The molecule has 0 aliphatic carbocycles. The van der Waals surface area contributed by atoms with Gasteiger partial charge in [0.1, 0.15) is 23.0 Å². The summed E-state index contributed by atoms with van der Waals surface area (Å²) in [5.74, 6) is 1.10. The molecule has 0 unspecified atom stereocenters. The average molecular weight is 413 g/mol. The molecule has 0 saturated heterocycles. The lowest BCUT2D eigenvalue weighted by molar-refractivity contribution is 0.0958. The molecule has 2 aromatic heterocycles. The van der Waals surface area contributed by atoms with Crippen LogP contribution in [0.15, 0.2) is 79.1 Å². The van der Waals surface area contributed by atoms with Crippen LogP contribution in [-0.4, -0.2) is 29.0 Å². The fraction of sp³-hybridized carbons (Fsp3) is 0.0435. The number of carbonyl (C=O) groups excluding carboxylic acids is 2. The number of nitrogens with zero attached hydrogens (tertiary/aromatic N) is 3. The molecule has 8 nitrogen and oxygen atoms in total. The molecule has 154 valence electrons. The summed E-state index contributed by atoms with van der Waals surface area (Å²) in [6, 6.07) is 18.9. The molecule has 0 fully saturated rings. The van der Waals surface area contributed by atoms with Crippen molar-refractivity contribution in [3.05, 3.63) is 84.8 Å². The van der Waals surface area contributed by atoms with Gasteiger partial charge in [-0.2, -0.15) is 0 Å². The Kier molecular flexibility index (Phi) is 5.44. The van der Waals surface area contributed by atoms with E-state index in [1.54, 1.807) is 42.6 Å². The van der Waals surface area contributed by atoms with Crippen molar-refractivity contribution in [1.29, 1.82) is 0 Å². The number of fused-ring (bicyclic) bond motifs is 1. The lowest BCUT2D eigenvalue weighted by Crippen LogP contribution is -2.32. The third-order valence-corrected chi connectivity index (χ3v) is 4.59. The number of rotatable bonds is 5. The minimum Gasteiger partial charge on any atom is -0.457 e. The number of nitrogens with two attached hydrogens (primary N) is 1. The standard InChI is InChI=1S/C23H19N5O3/c1-25-22(29)20-13-19(10-11-26-20)31-18-8-6-17(7-9-18)28(23(24)30)21-12-15-4-2-3-5-16(15)14-27-21/h2-14H,1H3,(H2,24,30)(H,25,29). The highest BCUT2D eigenvalue weighted by Gasteiger charge is 2.17. The van der Waals surface area contributed by atoms with E-state index in [-0.39, 0.29) is 11.6 Å². The van der Waals surface area contributed by atoms with E-state index in [4.69, 9.17) is 10.5 Å². The van der Waals surface area contributed by atoms with Gasteiger partial charge >= 0.3 is 6.03 Å². The van der Waals surface area contributed by atoms with E-state index < -0.39 is 6.03 Å². The number of carbonyl (C=O) groups is 2. The van der Waals surface area contributed by atoms with Crippen LogP contribution in [0.3, 0.4) is 0 Å². The molecule has 4 aromatic rings. The Morgan fingerprint density at radius 3 is 2.39 bits per heavy atom. The molecule has 3 amide bonds. The van der Waals surface area contributed by atoms with Crippen LogP contribution in [0.4, 0.5) is 16.3 Å². The maximum atomic E-state index is 12.2. The third kappa shape index (κ3) is 4.27. The summed E-state index contributed by atoms with van der Waals surface area (Å²) >= 11 is 0. The minimum absolute atomic E-state index is 0.249. The first-order valence-corrected chi connectivity index (χ1v) is 9.45. The number of hydrogen-bond donors (Lipinski definition) is 2. The van der Waals surface area contributed by atoms with Crippen LogP contribution >= 0.6 is 0 Å². The molecule has 2 heterocycles. The van der Waals surface area contributed by atoms with E-state index in [0.29, 0.717) is 23.0 Å². The van der Waals surface area contributed by atoms with Gasteiger partial charge in [0.15, 0.2) is 0 Å². The summed E-state index contributed by atoms with van der Waals surface area (Å²) in [6.45, 7) is 0. The number of ether oxygens (including phenoxy) is 1. The van der Waals surface area contributed by atoms with Crippen molar-refractivity contribution < 1.29 is 14.3 Å². The molecule has 4 rings (SSSR count). The second-order valence-electron chi connectivity index (χ2n) is 6.62. The van der Waals surface area contributed by atoms with Crippen molar-refractivity contribution in [2.75, 3.05) is 11.9 Å². The Labute approximate surface area is 178 Å². The van der Waals surface area contributed by atoms with E-state index in [2.05, 4.69) is 15.3 Å². The van der Waals surface area contributed by atoms with Crippen molar-refractivity contribution in [2.24, 2.45) is 5.73 Å². The molecule has 0 saturated carbocycles. The molecule has 0 aliphatic heterocycles. The van der Waals surface area contributed by atoms with Gasteiger partial charge in [-0.3, -0.25) is 9.78 Å². The van der Waals surface area contributed by atoms with Crippen LogP contribution in [0.5, 0.6) is 11.5 Å². The largest absolute Gasteiger partial charge is 0.457 e. The van der Waals surface area contributed by atoms with Crippen LogP contribution in [-0.2, 0) is 0 Å². The molecule has 31 heavy (non-hydrogen) atoms. The number of urea groups is 1. The van der Waals surface area contributed by atoms with Crippen LogP contribution in [0, 0.1) is 0 Å². The van der Waals surface area contributed by atoms with Crippen molar-refractivity contribution in [3.8, 4) is 11.5 Å². The van der Waals surface area contributed by atoms with Crippen molar-refractivity contribution >= 4 is 34.2 Å². The Balaban J connectivity index is 1.59. The van der Waals surface area contributed by atoms with Crippen LogP contribution in [0.1, 0.15) is 10.5 Å². The van der Waals surface area contributed by atoms with E-state index in [1.807, 2.05) is 30.3 Å². The van der Waals surface area contributed by atoms with E-state index >= 15 is 0 Å². The minimum atomic E-state index is -0.652. The summed E-state index contributed by atoms with van der Waals surface area (Å²) in [5.41, 5.74) is 6.43. The smallest absolute Gasteiger partial charge is 0.325 e. The molecule has 0 aliphatic rings. The van der Waals surface area contributed by atoms with Crippen molar-refractivity contribution in [1.82, 2.24) is 15.3 Å². The first-order chi connectivity index (χ1) is 15.0. The quantitative estimate of drug-likeness (QED) is 0.514. The summed E-state index contributed by atoms with van der Waals surface area (Å²) in [7, 11) is 1.53. The van der Waals surface area contributed by atoms with E-state index in [1.165, 1.54) is 18.1 Å². The molecule has 0 spiro atoms. The fourth-order valence-corrected chi connectivity index (χ4v) is 3.09. The van der Waals surface area contributed by atoms with Gasteiger partial charge in [-0.25, -0.2) is 14.7 Å².